The van der Waals surface area contributed by atoms with Crippen LogP contribution < -0.4 is 5.73 Å². The molecule has 0 amide bonds. The number of aliphatic hydroxyl groups excluding tert-OH is 1. The molecule has 0 aliphatic rings. The van der Waals surface area contributed by atoms with E-state index >= 15 is 0 Å². The normalized spacial score (nSPS) is 14.4. The summed E-state index contributed by atoms with van der Waals surface area (Å²) in [5.41, 5.74) is 6.25. The van der Waals surface area contributed by atoms with Crippen LogP contribution in [0.3, 0.4) is 0 Å². The summed E-state index contributed by atoms with van der Waals surface area (Å²) >= 11 is 0. The third-order valence-corrected chi connectivity index (χ3v) is 4.42. The number of hydrogen-bond acceptors (Lipinski definition) is 2. The predicted molar refractivity (Wildman–Crippen MR) is 89.9 cm³/mol. The van der Waals surface area contributed by atoms with E-state index < -0.39 is 0 Å². The van der Waals surface area contributed by atoms with E-state index in [1.165, 1.54) is 77.0 Å². The third kappa shape index (κ3) is 11.7. The van der Waals surface area contributed by atoms with Crippen molar-refractivity contribution in [3.63, 3.8) is 0 Å². The molecule has 0 fully saturated rings. The topological polar surface area (TPSA) is 46.2 Å². The van der Waals surface area contributed by atoms with Crippen LogP contribution in [0.25, 0.3) is 0 Å². The zero-order valence-corrected chi connectivity index (χ0v) is 14.1. The van der Waals surface area contributed by atoms with Gasteiger partial charge in [0, 0.05) is 12.6 Å². The molecule has 0 heterocycles. The zero-order valence-electron chi connectivity index (χ0n) is 14.1. The van der Waals surface area contributed by atoms with Crippen LogP contribution in [0.4, 0.5) is 0 Å². The average molecular weight is 286 g/mol. The standard InChI is InChI=1S/C18H39NO/c1-3-5-7-9-10-12-14-17(18(19)15-16-20)13-11-8-6-4-2/h17-18,20H,3-16,19H2,1-2H3. The fraction of sp³-hybridized carbons (Fsp3) is 1.00. The number of hydrogen-bond donors (Lipinski definition) is 2. The van der Waals surface area contributed by atoms with E-state index in [1.54, 1.807) is 0 Å². The molecule has 2 heteroatoms. The fourth-order valence-electron chi connectivity index (χ4n) is 2.98. The van der Waals surface area contributed by atoms with Gasteiger partial charge in [-0.2, -0.15) is 0 Å². The van der Waals surface area contributed by atoms with Crippen molar-refractivity contribution in [1.82, 2.24) is 0 Å². The summed E-state index contributed by atoms with van der Waals surface area (Å²) in [6.07, 6.45) is 16.7. The van der Waals surface area contributed by atoms with Gasteiger partial charge in [-0.15, -0.1) is 0 Å². The lowest BCUT2D eigenvalue weighted by atomic mass is 9.87. The lowest BCUT2D eigenvalue weighted by Crippen LogP contribution is -2.31. The van der Waals surface area contributed by atoms with E-state index in [-0.39, 0.29) is 12.6 Å². The minimum Gasteiger partial charge on any atom is -0.396 e. The van der Waals surface area contributed by atoms with Crippen molar-refractivity contribution in [2.45, 2.75) is 103 Å². The SMILES string of the molecule is CCCCCCCCC(CCCCCC)C(N)CCO. The smallest absolute Gasteiger partial charge is 0.0445 e. The van der Waals surface area contributed by atoms with Gasteiger partial charge in [0.2, 0.25) is 0 Å². The Bertz CT molecular complexity index is 184. The van der Waals surface area contributed by atoms with E-state index in [9.17, 15) is 0 Å². The summed E-state index contributed by atoms with van der Waals surface area (Å²) in [6.45, 7) is 4.76. The van der Waals surface area contributed by atoms with Gasteiger partial charge in [0.1, 0.15) is 0 Å². The Labute approximate surface area is 127 Å². The van der Waals surface area contributed by atoms with E-state index in [4.69, 9.17) is 10.8 Å². The van der Waals surface area contributed by atoms with Crippen molar-refractivity contribution in [2.75, 3.05) is 6.61 Å². The van der Waals surface area contributed by atoms with Crippen LogP contribution in [-0.2, 0) is 0 Å². The summed E-state index contributed by atoms with van der Waals surface area (Å²) in [4.78, 5) is 0. The molecule has 2 atom stereocenters. The molecule has 0 radical (unpaired) electrons. The third-order valence-electron chi connectivity index (χ3n) is 4.42. The molecule has 0 saturated heterocycles. The molecule has 0 aromatic carbocycles. The van der Waals surface area contributed by atoms with Gasteiger partial charge < -0.3 is 10.8 Å². The Morgan fingerprint density at radius 1 is 0.700 bits per heavy atom. The first-order chi connectivity index (χ1) is 9.76. The van der Waals surface area contributed by atoms with Crippen molar-refractivity contribution in [3.05, 3.63) is 0 Å². The first-order valence-electron chi connectivity index (χ1n) is 9.12. The van der Waals surface area contributed by atoms with Crippen molar-refractivity contribution < 1.29 is 5.11 Å². The molecular weight excluding hydrogens is 246 g/mol. The van der Waals surface area contributed by atoms with Gasteiger partial charge in [-0.25, -0.2) is 0 Å². The van der Waals surface area contributed by atoms with Crippen LogP contribution in [0.15, 0.2) is 0 Å². The Morgan fingerprint density at radius 3 is 1.65 bits per heavy atom. The number of rotatable bonds is 15. The number of aliphatic hydroxyl groups is 1. The quantitative estimate of drug-likeness (QED) is 0.414. The van der Waals surface area contributed by atoms with Crippen LogP contribution in [0.2, 0.25) is 0 Å². The highest BCUT2D eigenvalue weighted by atomic mass is 16.3. The summed E-state index contributed by atoms with van der Waals surface area (Å²) in [6, 6.07) is 0.206. The molecule has 0 spiro atoms. The van der Waals surface area contributed by atoms with Gasteiger partial charge in [0.15, 0.2) is 0 Å². The van der Waals surface area contributed by atoms with Crippen LogP contribution in [0.1, 0.15) is 97.3 Å². The second kappa shape index (κ2) is 15.3. The van der Waals surface area contributed by atoms with Crippen LogP contribution >= 0.6 is 0 Å². The lowest BCUT2D eigenvalue weighted by molar-refractivity contribution is 0.241. The number of nitrogens with two attached hydrogens (primary N) is 1. The van der Waals surface area contributed by atoms with Crippen LogP contribution in [0, 0.1) is 5.92 Å². The Morgan fingerprint density at radius 2 is 1.15 bits per heavy atom. The minimum atomic E-state index is 0.206. The minimum absolute atomic E-state index is 0.206. The summed E-state index contributed by atoms with van der Waals surface area (Å²) in [5.74, 6) is 0.630. The maximum absolute atomic E-state index is 9.08. The highest BCUT2D eigenvalue weighted by molar-refractivity contribution is 4.73. The van der Waals surface area contributed by atoms with Gasteiger partial charge >= 0.3 is 0 Å². The molecule has 3 N–H and O–H groups in total. The summed E-state index contributed by atoms with van der Waals surface area (Å²) < 4.78 is 0. The van der Waals surface area contributed by atoms with Gasteiger partial charge in [-0.05, 0) is 25.2 Å². The molecule has 0 aromatic rings. The molecule has 0 rings (SSSR count). The number of unbranched alkanes of at least 4 members (excludes halogenated alkanes) is 8. The lowest BCUT2D eigenvalue weighted by Gasteiger charge is -2.23. The summed E-state index contributed by atoms with van der Waals surface area (Å²) in [5, 5.41) is 9.08. The van der Waals surface area contributed by atoms with E-state index in [0.717, 1.165) is 6.42 Å². The zero-order chi connectivity index (χ0) is 15.1. The van der Waals surface area contributed by atoms with Crippen molar-refractivity contribution in [2.24, 2.45) is 11.7 Å². The van der Waals surface area contributed by atoms with Crippen LogP contribution in [-0.4, -0.2) is 17.8 Å². The molecule has 0 aliphatic carbocycles. The molecule has 20 heavy (non-hydrogen) atoms. The van der Waals surface area contributed by atoms with Gasteiger partial charge in [-0.3, -0.25) is 0 Å². The van der Waals surface area contributed by atoms with Crippen molar-refractivity contribution in [3.8, 4) is 0 Å². The summed E-state index contributed by atoms with van der Waals surface area (Å²) in [7, 11) is 0. The van der Waals surface area contributed by atoms with E-state index in [2.05, 4.69) is 13.8 Å². The van der Waals surface area contributed by atoms with Crippen LogP contribution in [0.5, 0.6) is 0 Å². The largest absolute Gasteiger partial charge is 0.396 e. The fourth-order valence-corrected chi connectivity index (χ4v) is 2.98. The molecule has 0 aliphatic heterocycles. The van der Waals surface area contributed by atoms with Crippen molar-refractivity contribution in [1.29, 1.82) is 0 Å². The van der Waals surface area contributed by atoms with Gasteiger partial charge in [0.05, 0.1) is 0 Å². The predicted octanol–water partition coefficient (Wildman–Crippen LogP) is 5.03. The Kier molecular flexibility index (Phi) is 15.3. The highest BCUT2D eigenvalue weighted by Crippen LogP contribution is 2.22. The maximum atomic E-state index is 9.08. The van der Waals surface area contributed by atoms with Crippen molar-refractivity contribution >= 4 is 0 Å². The van der Waals surface area contributed by atoms with Gasteiger partial charge in [-0.1, -0.05) is 78.1 Å². The Hall–Kier alpha value is -0.0800. The Balaban J connectivity index is 3.80. The maximum Gasteiger partial charge on any atom is 0.0445 e. The molecule has 0 aromatic heterocycles. The second-order valence-electron chi connectivity index (χ2n) is 6.34. The molecule has 2 nitrogen and oxygen atoms in total. The molecule has 0 saturated carbocycles. The molecular formula is C18H39NO. The van der Waals surface area contributed by atoms with Gasteiger partial charge in [0.25, 0.3) is 0 Å². The average Bonchev–Trinajstić information content (AvgIpc) is 2.45. The molecule has 0 bridgehead atoms. The molecule has 122 valence electrons. The first kappa shape index (κ1) is 19.9. The first-order valence-corrected chi connectivity index (χ1v) is 9.12. The molecule has 2 unspecified atom stereocenters. The monoisotopic (exact) mass is 285 g/mol. The van der Waals surface area contributed by atoms with E-state index in [0.29, 0.717) is 5.92 Å². The van der Waals surface area contributed by atoms with E-state index in [1.807, 2.05) is 0 Å². The highest BCUT2D eigenvalue weighted by Gasteiger charge is 2.16. The second-order valence-corrected chi connectivity index (χ2v) is 6.34.